The van der Waals surface area contributed by atoms with E-state index in [9.17, 15) is 5.11 Å². The summed E-state index contributed by atoms with van der Waals surface area (Å²) in [7, 11) is 1.59. The van der Waals surface area contributed by atoms with Crippen molar-refractivity contribution in [3.63, 3.8) is 0 Å². The van der Waals surface area contributed by atoms with Gasteiger partial charge in [0.15, 0.2) is 0 Å². The van der Waals surface area contributed by atoms with Crippen molar-refractivity contribution in [2.75, 3.05) is 26.9 Å². The fourth-order valence-corrected chi connectivity index (χ4v) is 1.26. The van der Waals surface area contributed by atoms with Gasteiger partial charge in [-0.25, -0.2) is 0 Å². The first-order valence-corrected chi connectivity index (χ1v) is 5.14. The monoisotopic (exact) mass is 206 g/mol. The SMILES string of the molecule is CCOCCC(O)CC(CCO)OC. The molecule has 0 aliphatic carbocycles. The van der Waals surface area contributed by atoms with E-state index in [1.165, 1.54) is 0 Å². The summed E-state index contributed by atoms with van der Waals surface area (Å²) in [5.74, 6) is 0. The van der Waals surface area contributed by atoms with Crippen molar-refractivity contribution < 1.29 is 19.7 Å². The van der Waals surface area contributed by atoms with Crippen LogP contribution in [-0.2, 0) is 9.47 Å². The molecule has 0 fully saturated rings. The van der Waals surface area contributed by atoms with Gasteiger partial charge in [-0.15, -0.1) is 0 Å². The summed E-state index contributed by atoms with van der Waals surface area (Å²) >= 11 is 0. The van der Waals surface area contributed by atoms with Gasteiger partial charge in [0.1, 0.15) is 0 Å². The Morgan fingerprint density at radius 3 is 2.50 bits per heavy atom. The van der Waals surface area contributed by atoms with Crippen molar-refractivity contribution in [2.45, 2.75) is 38.4 Å². The lowest BCUT2D eigenvalue weighted by Gasteiger charge is -2.18. The molecule has 0 heterocycles. The van der Waals surface area contributed by atoms with E-state index in [-0.39, 0.29) is 12.7 Å². The van der Waals surface area contributed by atoms with Gasteiger partial charge in [-0.1, -0.05) is 0 Å². The van der Waals surface area contributed by atoms with Crippen molar-refractivity contribution in [2.24, 2.45) is 0 Å². The average Bonchev–Trinajstić information content (AvgIpc) is 2.17. The van der Waals surface area contributed by atoms with Crippen molar-refractivity contribution in [1.29, 1.82) is 0 Å². The largest absolute Gasteiger partial charge is 0.396 e. The van der Waals surface area contributed by atoms with Gasteiger partial charge < -0.3 is 19.7 Å². The molecular weight excluding hydrogens is 184 g/mol. The van der Waals surface area contributed by atoms with Crippen molar-refractivity contribution in [3.8, 4) is 0 Å². The minimum atomic E-state index is -0.405. The Kier molecular flexibility index (Phi) is 9.29. The third kappa shape index (κ3) is 7.26. The number of rotatable bonds is 9. The number of methoxy groups -OCH3 is 1. The maximum absolute atomic E-state index is 9.56. The fourth-order valence-electron chi connectivity index (χ4n) is 1.26. The van der Waals surface area contributed by atoms with Gasteiger partial charge in [0.25, 0.3) is 0 Å². The Labute approximate surface area is 85.8 Å². The maximum Gasteiger partial charge on any atom is 0.0617 e. The molecule has 0 aromatic rings. The van der Waals surface area contributed by atoms with E-state index >= 15 is 0 Å². The lowest BCUT2D eigenvalue weighted by Crippen LogP contribution is -2.22. The zero-order chi connectivity index (χ0) is 10.8. The highest BCUT2D eigenvalue weighted by Gasteiger charge is 2.13. The summed E-state index contributed by atoms with van der Waals surface area (Å²) in [5.41, 5.74) is 0. The molecular formula is C10H22O4. The first-order chi connectivity index (χ1) is 6.74. The highest BCUT2D eigenvalue weighted by molar-refractivity contribution is 4.64. The third-order valence-corrected chi connectivity index (χ3v) is 2.12. The third-order valence-electron chi connectivity index (χ3n) is 2.12. The second-order valence-electron chi connectivity index (χ2n) is 3.25. The standard InChI is InChI=1S/C10H22O4/c1-3-14-7-5-9(12)8-10(13-2)4-6-11/h9-12H,3-8H2,1-2H3. The number of hydrogen-bond donors (Lipinski definition) is 2. The topological polar surface area (TPSA) is 58.9 Å². The molecule has 4 nitrogen and oxygen atoms in total. The van der Waals surface area contributed by atoms with Crippen molar-refractivity contribution in [1.82, 2.24) is 0 Å². The molecule has 0 aliphatic heterocycles. The summed E-state index contributed by atoms with van der Waals surface area (Å²) in [6.07, 6.45) is 1.29. The molecule has 0 aromatic carbocycles. The normalized spacial score (nSPS) is 15.4. The van der Waals surface area contributed by atoms with E-state index in [4.69, 9.17) is 14.6 Å². The molecule has 2 atom stereocenters. The fraction of sp³-hybridized carbons (Fsp3) is 1.00. The van der Waals surface area contributed by atoms with Crippen LogP contribution >= 0.6 is 0 Å². The summed E-state index contributed by atoms with van der Waals surface area (Å²) < 4.78 is 10.2. The molecule has 0 saturated carbocycles. The van der Waals surface area contributed by atoms with E-state index in [0.717, 1.165) is 0 Å². The molecule has 0 spiro atoms. The number of aliphatic hydroxyl groups excluding tert-OH is 2. The van der Waals surface area contributed by atoms with Crippen molar-refractivity contribution in [3.05, 3.63) is 0 Å². The number of aliphatic hydroxyl groups is 2. The molecule has 86 valence electrons. The minimum Gasteiger partial charge on any atom is -0.396 e. The lowest BCUT2D eigenvalue weighted by atomic mass is 10.1. The van der Waals surface area contributed by atoms with Gasteiger partial charge in [0, 0.05) is 26.9 Å². The van der Waals surface area contributed by atoms with Gasteiger partial charge in [-0.05, 0) is 26.2 Å². The molecule has 2 N–H and O–H groups in total. The van der Waals surface area contributed by atoms with Crippen LogP contribution in [0, 0.1) is 0 Å². The predicted molar refractivity (Wildman–Crippen MR) is 54.2 cm³/mol. The quantitative estimate of drug-likeness (QED) is 0.541. The van der Waals surface area contributed by atoms with E-state index in [1.807, 2.05) is 6.92 Å². The highest BCUT2D eigenvalue weighted by Crippen LogP contribution is 2.08. The second kappa shape index (κ2) is 9.40. The zero-order valence-electron chi connectivity index (χ0n) is 9.11. The molecule has 0 bridgehead atoms. The number of hydrogen-bond acceptors (Lipinski definition) is 4. The summed E-state index contributed by atoms with van der Waals surface area (Å²) in [6, 6.07) is 0. The lowest BCUT2D eigenvalue weighted by molar-refractivity contribution is 0.0165. The highest BCUT2D eigenvalue weighted by atomic mass is 16.5. The van der Waals surface area contributed by atoms with Gasteiger partial charge in [0.2, 0.25) is 0 Å². The Morgan fingerprint density at radius 2 is 2.00 bits per heavy atom. The van der Waals surface area contributed by atoms with E-state index in [0.29, 0.717) is 32.5 Å². The Morgan fingerprint density at radius 1 is 1.29 bits per heavy atom. The van der Waals surface area contributed by atoms with Crippen LogP contribution in [0.4, 0.5) is 0 Å². The molecule has 0 rings (SSSR count). The average molecular weight is 206 g/mol. The molecule has 2 unspecified atom stereocenters. The Bertz CT molecular complexity index is 119. The zero-order valence-corrected chi connectivity index (χ0v) is 9.11. The van der Waals surface area contributed by atoms with Crippen LogP contribution in [0.1, 0.15) is 26.2 Å². The van der Waals surface area contributed by atoms with E-state index in [2.05, 4.69) is 0 Å². The molecule has 4 heteroatoms. The van der Waals surface area contributed by atoms with Crippen LogP contribution in [0.2, 0.25) is 0 Å². The molecule has 0 aliphatic rings. The Hall–Kier alpha value is -0.160. The van der Waals surface area contributed by atoms with Crippen molar-refractivity contribution >= 4 is 0 Å². The van der Waals surface area contributed by atoms with Crippen LogP contribution in [0.5, 0.6) is 0 Å². The van der Waals surface area contributed by atoms with Crippen LogP contribution in [0.3, 0.4) is 0 Å². The Balaban J connectivity index is 3.51. The van der Waals surface area contributed by atoms with Crippen LogP contribution in [0.15, 0.2) is 0 Å². The van der Waals surface area contributed by atoms with Gasteiger partial charge in [-0.2, -0.15) is 0 Å². The minimum absolute atomic E-state index is 0.0587. The molecule has 0 radical (unpaired) electrons. The van der Waals surface area contributed by atoms with E-state index < -0.39 is 6.10 Å². The molecule has 0 aromatic heterocycles. The molecule has 0 amide bonds. The maximum atomic E-state index is 9.56. The smallest absolute Gasteiger partial charge is 0.0617 e. The summed E-state index contributed by atoms with van der Waals surface area (Å²) in [4.78, 5) is 0. The molecule has 14 heavy (non-hydrogen) atoms. The predicted octanol–water partition coefficient (Wildman–Crippen LogP) is 0.561. The van der Waals surface area contributed by atoms with Crippen LogP contribution < -0.4 is 0 Å². The first kappa shape index (κ1) is 13.8. The molecule has 0 saturated heterocycles. The second-order valence-corrected chi connectivity index (χ2v) is 3.25. The summed E-state index contributed by atoms with van der Waals surface area (Å²) in [5, 5.41) is 18.3. The van der Waals surface area contributed by atoms with Gasteiger partial charge in [-0.3, -0.25) is 0 Å². The summed E-state index contributed by atoms with van der Waals surface area (Å²) in [6.45, 7) is 3.27. The first-order valence-electron chi connectivity index (χ1n) is 5.14. The van der Waals surface area contributed by atoms with Gasteiger partial charge in [0.05, 0.1) is 12.2 Å². The van der Waals surface area contributed by atoms with E-state index in [1.54, 1.807) is 7.11 Å². The van der Waals surface area contributed by atoms with Gasteiger partial charge >= 0.3 is 0 Å². The van der Waals surface area contributed by atoms with Crippen LogP contribution in [0.25, 0.3) is 0 Å². The van der Waals surface area contributed by atoms with Crippen LogP contribution in [-0.4, -0.2) is 49.4 Å². The number of ether oxygens (including phenoxy) is 2.